The van der Waals surface area contributed by atoms with E-state index in [4.69, 9.17) is 5.73 Å². The quantitative estimate of drug-likeness (QED) is 0.784. The largest absolute Gasteiger partial charge is 0.350 e. The Balaban J connectivity index is 0.00000161. The summed E-state index contributed by atoms with van der Waals surface area (Å²) < 4.78 is 0. The summed E-state index contributed by atoms with van der Waals surface area (Å²) in [6.07, 6.45) is 2.33. The van der Waals surface area contributed by atoms with Gasteiger partial charge in [-0.1, -0.05) is 0 Å². The van der Waals surface area contributed by atoms with E-state index < -0.39 is 0 Å². The minimum absolute atomic E-state index is 0. The molecular formula is C14H18ClN3O2S. The summed E-state index contributed by atoms with van der Waals surface area (Å²) >= 11 is 1.48. The van der Waals surface area contributed by atoms with Crippen LogP contribution < -0.4 is 16.4 Å². The van der Waals surface area contributed by atoms with Crippen molar-refractivity contribution in [3.05, 3.63) is 23.8 Å². The van der Waals surface area contributed by atoms with Crippen molar-refractivity contribution >= 4 is 41.7 Å². The average molecular weight is 328 g/mol. The molecule has 1 unspecified atom stereocenters. The van der Waals surface area contributed by atoms with Crippen LogP contribution in [0.4, 0.5) is 5.69 Å². The molecule has 1 fully saturated rings. The highest BCUT2D eigenvalue weighted by molar-refractivity contribution is 8.00. The molecule has 1 atom stereocenters. The lowest BCUT2D eigenvalue weighted by molar-refractivity contribution is -0.113. The fourth-order valence-electron chi connectivity index (χ4n) is 2.23. The third kappa shape index (κ3) is 3.90. The van der Waals surface area contributed by atoms with Crippen molar-refractivity contribution in [2.45, 2.75) is 23.8 Å². The van der Waals surface area contributed by atoms with Crippen LogP contribution in [0.25, 0.3) is 0 Å². The topological polar surface area (TPSA) is 84.2 Å². The molecule has 3 rings (SSSR count). The van der Waals surface area contributed by atoms with Gasteiger partial charge in [-0.15, -0.1) is 24.2 Å². The molecule has 0 aromatic heterocycles. The Labute approximate surface area is 133 Å². The van der Waals surface area contributed by atoms with Crippen molar-refractivity contribution < 1.29 is 9.59 Å². The lowest BCUT2D eigenvalue weighted by atomic mass is 10.1. The Morgan fingerprint density at radius 2 is 2.24 bits per heavy atom. The first-order valence-electron chi connectivity index (χ1n) is 6.74. The fraction of sp³-hybridized carbons (Fsp3) is 0.429. The van der Waals surface area contributed by atoms with Gasteiger partial charge in [-0.05, 0) is 37.0 Å². The molecule has 1 saturated carbocycles. The number of nitrogens with one attached hydrogen (secondary N) is 2. The second kappa shape index (κ2) is 6.68. The van der Waals surface area contributed by atoms with Gasteiger partial charge in [0, 0.05) is 23.0 Å². The van der Waals surface area contributed by atoms with Crippen molar-refractivity contribution in [2.75, 3.05) is 17.6 Å². The zero-order chi connectivity index (χ0) is 14.1. The molecule has 21 heavy (non-hydrogen) atoms. The summed E-state index contributed by atoms with van der Waals surface area (Å²) in [6.45, 7) is 0.502. The number of carbonyl (C=O) groups excluding carboxylic acids is 2. The van der Waals surface area contributed by atoms with Gasteiger partial charge in [-0.3, -0.25) is 9.59 Å². The molecule has 1 aromatic rings. The first kappa shape index (κ1) is 16.1. The predicted octanol–water partition coefficient (Wildman–Crippen LogP) is 1.62. The number of benzene rings is 1. The Kier molecular flexibility index (Phi) is 5.13. The number of nitrogens with two attached hydrogens (primary N) is 1. The summed E-state index contributed by atoms with van der Waals surface area (Å²) in [5.41, 5.74) is 7.22. The van der Waals surface area contributed by atoms with Crippen LogP contribution in [-0.2, 0) is 4.79 Å². The van der Waals surface area contributed by atoms with Crippen LogP contribution in [0.3, 0.4) is 0 Å². The van der Waals surface area contributed by atoms with Crippen LogP contribution in [0.5, 0.6) is 0 Å². The molecule has 0 radical (unpaired) electrons. The fourth-order valence-corrected chi connectivity index (χ4v) is 3.02. The van der Waals surface area contributed by atoms with E-state index in [2.05, 4.69) is 10.6 Å². The van der Waals surface area contributed by atoms with Gasteiger partial charge in [-0.25, -0.2) is 0 Å². The molecular weight excluding hydrogens is 310 g/mol. The van der Waals surface area contributed by atoms with Gasteiger partial charge < -0.3 is 16.4 Å². The number of anilines is 1. The van der Waals surface area contributed by atoms with Crippen molar-refractivity contribution in [3.8, 4) is 0 Å². The van der Waals surface area contributed by atoms with Gasteiger partial charge in [-0.2, -0.15) is 0 Å². The minimum Gasteiger partial charge on any atom is -0.350 e. The van der Waals surface area contributed by atoms with Crippen LogP contribution in [0.2, 0.25) is 0 Å². The molecule has 1 aliphatic heterocycles. The number of hydrogen-bond acceptors (Lipinski definition) is 4. The van der Waals surface area contributed by atoms with Gasteiger partial charge >= 0.3 is 0 Å². The zero-order valence-corrected chi connectivity index (χ0v) is 13.1. The zero-order valence-electron chi connectivity index (χ0n) is 11.4. The third-order valence-electron chi connectivity index (χ3n) is 3.60. The van der Waals surface area contributed by atoms with Gasteiger partial charge in [0.05, 0.1) is 11.4 Å². The van der Waals surface area contributed by atoms with E-state index in [1.165, 1.54) is 24.6 Å². The maximum Gasteiger partial charge on any atom is 0.251 e. The van der Waals surface area contributed by atoms with Crippen molar-refractivity contribution in [1.29, 1.82) is 0 Å². The maximum absolute atomic E-state index is 12.1. The summed E-state index contributed by atoms with van der Waals surface area (Å²) in [6, 6.07) is 5.42. The van der Waals surface area contributed by atoms with Crippen molar-refractivity contribution in [1.82, 2.24) is 5.32 Å². The smallest absolute Gasteiger partial charge is 0.251 e. The van der Waals surface area contributed by atoms with Crippen LogP contribution in [0, 0.1) is 5.92 Å². The van der Waals surface area contributed by atoms with Gasteiger partial charge in [0.15, 0.2) is 0 Å². The van der Waals surface area contributed by atoms with E-state index in [9.17, 15) is 9.59 Å². The second-order valence-electron chi connectivity index (χ2n) is 5.26. The van der Waals surface area contributed by atoms with E-state index in [0.29, 0.717) is 29.5 Å². The van der Waals surface area contributed by atoms with Gasteiger partial charge in [0.1, 0.15) is 0 Å². The third-order valence-corrected chi connectivity index (χ3v) is 4.67. The molecule has 0 spiro atoms. The number of halogens is 1. The summed E-state index contributed by atoms with van der Waals surface area (Å²) in [7, 11) is 0. The normalized spacial score (nSPS) is 18.0. The van der Waals surface area contributed by atoms with Crippen molar-refractivity contribution in [2.24, 2.45) is 11.7 Å². The molecule has 5 nitrogen and oxygen atoms in total. The first-order valence-corrected chi connectivity index (χ1v) is 7.72. The molecule has 2 amide bonds. The van der Waals surface area contributed by atoms with E-state index in [1.807, 2.05) is 6.07 Å². The standard InChI is InChI=1S/C14H17N3O2S.ClH/c15-10(8-1-2-8)6-16-14(19)9-3-4-12-11(5-9)17-13(18)7-20-12;/h3-5,8,10H,1-2,6-7,15H2,(H,16,19)(H,17,18);1H. The maximum atomic E-state index is 12.1. The van der Waals surface area contributed by atoms with E-state index >= 15 is 0 Å². The highest BCUT2D eigenvalue weighted by Gasteiger charge is 2.28. The second-order valence-corrected chi connectivity index (χ2v) is 6.28. The highest BCUT2D eigenvalue weighted by atomic mass is 35.5. The average Bonchev–Trinajstić information content (AvgIpc) is 3.28. The Morgan fingerprint density at radius 3 is 2.95 bits per heavy atom. The minimum atomic E-state index is -0.145. The van der Waals surface area contributed by atoms with E-state index in [-0.39, 0.29) is 30.3 Å². The molecule has 1 heterocycles. The predicted molar refractivity (Wildman–Crippen MR) is 86.1 cm³/mol. The Morgan fingerprint density at radius 1 is 1.48 bits per heavy atom. The monoisotopic (exact) mass is 327 g/mol. The molecule has 1 aliphatic carbocycles. The molecule has 4 N–H and O–H groups in total. The molecule has 7 heteroatoms. The first-order chi connectivity index (χ1) is 9.63. The SMILES string of the molecule is Cl.NC(CNC(=O)c1ccc2c(c1)NC(=O)CS2)C1CC1. The number of hydrogen-bond donors (Lipinski definition) is 3. The lowest BCUT2D eigenvalue weighted by Gasteiger charge is -2.17. The van der Waals surface area contributed by atoms with Crippen LogP contribution in [-0.4, -0.2) is 30.2 Å². The van der Waals surface area contributed by atoms with E-state index in [1.54, 1.807) is 12.1 Å². The molecule has 0 saturated heterocycles. The van der Waals surface area contributed by atoms with Crippen molar-refractivity contribution in [3.63, 3.8) is 0 Å². The summed E-state index contributed by atoms with van der Waals surface area (Å²) in [4.78, 5) is 24.4. The van der Waals surface area contributed by atoms with Crippen LogP contribution in [0.1, 0.15) is 23.2 Å². The molecule has 114 valence electrons. The molecule has 1 aromatic carbocycles. The van der Waals surface area contributed by atoms with E-state index in [0.717, 1.165) is 4.90 Å². The van der Waals surface area contributed by atoms with Crippen LogP contribution >= 0.6 is 24.2 Å². The number of fused-ring (bicyclic) bond motifs is 1. The highest BCUT2D eigenvalue weighted by Crippen LogP contribution is 2.32. The Hall–Kier alpha value is -1.24. The van der Waals surface area contributed by atoms with Gasteiger partial charge in [0.25, 0.3) is 5.91 Å². The van der Waals surface area contributed by atoms with Gasteiger partial charge in [0.2, 0.25) is 5.91 Å². The lowest BCUT2D eigenvalue weighted by Crippen LogP contribution is -2.38. The summed E-state index contributed by atoms with van der Waals surface area (Å²) in [5, 5.41) is 5.64. The number of rotatable bonds is 4. The molecule has 2 aliphatic rings. The number of carbonyl (C=O) groups is 2. The summed E-state index contributed by atoms with van der Waals surface area (Å²) in [5.74, 6) is 0.813. The number of amides is 2. The molecule has 0 bridgehead atoms. The van der Waals surface area contributed by atoms with Crippen LogP contribution in [0.15, 0.2) is 23.1 Å². The Bertz CT molecular complexity index is 563. The number of thioether (sulfide) groups is 1.